The lowest BCUT2D eigenvalue weighted by Crippen LogP contribution is -1.86. The normalized spacial score (nSPS) is 8.67. The largest absolute Gasteiger partial charge is 0.303 e. The average Bonchev–Trinajstić information content (AvgIpc) is 1.80. The number of aldehydes is 1. The molecule has 0 radical (unpaired) electrons. The van der Waals surface area contributed by atoms with E-state index in [2.05, 4.69) is 4.99 Å². The highest BCUT2D eigenvalue weighted by Gasteiger charge is 1.82. The molecule has 0 heterocycles. The van der Waals surface area contributed by atoms with Crippen molar-refractivity contribution in [3.63, 3.8) is 0 Å². The zero-order chi connectivity index (χ0) is 7.11. The minimum atomic E-state index is 0.636. The highest BCUT2D eigenvalue weighted by Crippen LogP contribution is 1.85. The van der Waals surface area contributed by atoms with Gasteiger partial charge >= 0.3 is 0 Å². The molecule has 2 heteroatoms. The minimum Gasteiger partial charge on any atom is -0.303 e. The third-order valence-corrected chi connectivity index (χ3v) is 0.908. The molecule has 0 aromatic carbocycles. The van der Waals surface area contributed by atoms with Gasteiger partial charge in [0.25, 0.3) is 0 Å². The summed E-state index contributed by atoms with van der Waals surface area (Å²) in [5, 5.41) is 0. The summed E-state index contributed by atoms with van der Waals surface area (Å²) in [6, 6.07) is 0. The standard InChI is InChI=1S/C7H13NO/c1-7(2)8-5-3-4-6-9/h6H,3-5H2,1-2H3. The quantitative estimate of drug-likeness (QED) is 0.319. The van der Waals surface area contributed by atoms with Crippen LogP contribution >= 0.6 is 0 Å². The molecule has 0 aromatic rings. The van der Waals surface area contributed by atoms with Crippen molar-refractivity contribution in [1.82, 2.24) is 0 Å². The molecule has 0 aliphatic heterocycles. The molecule has 2 nitrogen and oxygen atoms in total. The van der Waals surface area contributed by atoms with Crippen LogP contribution < -0.4 is 0 Å². The van der Waals surface area contributed by atoms with Crippen molar-refractivity contribution in [2.75, 3.05) is 6.54 Å². The molecule has 9 heavy (non-hydrogen) atoms. The summed E-state index contributed by atoms with van der Waals surface area (Å²) < 4.78 is 0. The molecular formula is C7H13NO. The van der Waals surface area contributed by atoms with E-state index in [1.165, 1.54) is 0 Å². The monoisotopic (exact) mass is 127 g/mol. The highest BCUT2D eigenvalue weighted by atomic mass is 16.1. The van der Waals surface area contributed by atoms with E-state index < -0.39 is 0 Å². The van der Waals surface area contributed by atoms with Crippen LogP contribution in [0.15, 0.2) is 4.99 Å². The SMILES string of the molecule is CC(C)=NCCCC=O. The maximum atomic E-state index is 9.80. The zero-order valence-corrected chi connectivity index (χ0v) is 6.05. The van der Waals surface area contributed by atoms with Crippen LogP contribution in [0.2, 0.25) is 0 Å². The van der Waals surface area contributed by atoms with Gasteiger partial charge in [0.05, 0.1) is 0 Å². The third kappa shape index (κ3) is 7.34. The van der Waals surface area contributed by atoms with Crippen molar-refractivity contribution in [2.45, 2.75) is 26.7 Å². The van der Waals surface area contributed by atoms with E-state index in [0.29, 0.717) is 6.42 Å². The Morgan fingerprint density at radius 3 is 2.67 bits per heavy atom. The first kappa shape index (κ1) is 8.34. The van der Waals surface area contributed by atoms with Gasteiger partial charge in [0.2, 0.25) is 0 Å². The number of unbranched alkanes of at least 4 members (excludes halogenated alkanes) is 1. The van der Waals surface area contributed by atoms with Gasteiger partial charge in [-0.05, 0) is 20.3 Å². The van der Waals surface area contributed by atoms with Crippen molar-refractivity contribution in [3.05, 3.63) is 0 Å². The van der Waals surface area contributed by atoms with Crippen LogP contribution in [0.3, 0.4) is 0 Å². The van der Waals surface area contributed by atoms with Gasteiger partial charge in [0.15, 0.2) is 0 Å². The smallest absolute Gasteiger partial charge is 0.120 e. The van der Waals surface area contributed by atoms with Crippen molar-refractivity contribution < 1.29 is 4.79 Å². The predicted octanol–water partition coefficient (Wildman–Crippen LogP) is 1.45. The molecule has 0 N–H and O–H groups in total. The number of hydrogen-bond acceptors (Lipinski definition) is 2. The van der Waals surface area contributed by atoms with Crippen LogP contribution in [-0.2, 0) is 4.79 Å². The van der Waals surface area contributed by atoms with Crippen molar-refractivity contribution in [2.24, 2.45) is 4.99 Å². The number of nitrogens with zero attached hydrogens (tertiary/aromatic N) is 1. The van der Waals surface area contributed by atoms with Crippen LogP contribution in [0.5, 0.6) is 0 Å². The fraction of sp³-hybridized carbons (Fsp3) is 0.714. The van der Waals surface area contributed by atoms with E-state index in [-0.39, 0.29) is 0 Å². The van der Waals surface area contributed by atoms with Crippen molar-refractivity contribution >= 4 is 12.0 Å². The Bertz CT molecular complexity index is 103. The van der Waals surface area contributed by atoms with Gasteiger partial charge in [0.1, 0.15) is 6.29 Å². The topological polar surface area (TPSA) is 29.4 Å². The lowest BCUT2D eigenvalue weighted by molar-refractivity contribution is -0.107. The summed E-state index contributed by atoms with van der Waals surface area (Å²) in [7, 11) is 0. The van der Waals surface area contributed by atoms with Gasteiger partial charge in [-0.2, -0.15) is 0 Å². The van der Waals surface area contributed by atoms with Gasteiger partial charge < -0.3 is 4.79 Å². The fourth-order valence-electron chi connectivity index (χ4n) is 0.477. The summed E-state index contributed by atoms with van der Waals surface area (Å²) >= 11 is 0. The van der Waals surface area contributed by atoms with Gasteiger partial charge in [-0.3, -0.25) is 4.99 Å². The lowest BCUT2D eigenvalue weighted by atomic mass is 10.3. The second-order valence-corrected chi connectivity index (χ2v) is 2.14. The Morgan fingerprint density at radius 2 is 2.22 bits per heavy atom. The zero-order valence-electron chi connectivity index (χ0n) is 6.05. The van der Waals surface area contributed by atoms with E-state index in [1.807, 2.05) is 13.8 Å². The summed E-state index contributed by atoms with van der Waals surface area (Å²) in [5.74, 6) is 0. The summed E-state index contributed by atoms with van der Waals surface area (Å²) in [6.45, 7) is 4.71. The highest BCUT2D eigenvalue weighted by molar-refractivity contribution is 5.79. The Kier molecular flexibility index (Phi) is 5.07. The van der Waals surface area contributed by atoms with Gasteiger partial charge in [-0.1, -0.05) is 0 Å². The third-order valence-electron chi connectivity index (χ3n) is 0.908. The molecule has 0 aromatic heterocycles. The number of aliphatic imine (C=N–C) groups is 1. The summed E-state index contributed by atoms with van der Waals surface area (Å²) in [6.07, 6.45) is 2.45. The summed E-state index contributed by atoms with van der Waals surface area (Å²) in [4.78, 5) is 13.9. The molecule has 0 aliphatic carbocycles. The molecule has 0 spiro atoms. The molecule has 0 atom stereocenters. The number of carbonyl (C=O) groups is 1. The molecule has 0 aliphatic rings. The van der Waals surface area contributed by atoms with Gasteiger partial charge in [-0.25, -0.2) is 0 Å². The Hall–Kier alpha value is -0.660. The van der Waals surface area contributed by atoms with E-state index in [0.717, 1.165) is 25.0 Å². The van der Waals surface area contributed by atoms with Crippen LogP contribution in [0, 0.1) is 0 Å². The molecule has 0 bridgehead atoms. The predicted molar refractivity (Wildman–Crippen MR) is 38.9 cm³/mol. The van der Waals surface area contributed by atoms with Gasteiger partial charge in [-0.15, -0.1) is 0 Å². The molecule has 52 valence electrons. The average molecular weight is 127 g/mol. The van der Waals surface area contributed by atoms with Crippen molar-refractivity contribution in [3.8, 4) is 0 Å². The van der Waals surface area contributed by atoms with E-state index >= 15 is 0 Å². The molecule has 0 unspecified atom stereocenters. The molecule has 0 fully saturated rings. The van der Waals surface area contributed by atoms with Crippen molar-refractivity contribution in [1.29, 1.82) is 0 Å². The van der Waals surface area contributed by atoms with E-state index in [4.69, 9.17) is 0 Å². The maximum absolute atomic E-state index is 9.80. The molecule has 0 amide bonds. The minimum absolute atomic E-state index is 0.636. The number of carbonyl (C=O) groups excluding carboxylic acids is 1. The first-order valence-electron chi connectivity index (χ1n) is 3.18. The van der Waals surface area contributed by atoms with Crippen LogP contribution in [0.25, 0.3) is 0 Å². The first-order chi connectivity index (χ1) is 4.27. The number of rotatable bonds is 4. The summed E-state index contributed by atoms with van der Waals surface area (Å²) in [5.41, 5.74) is 1.08. The fourth-order valence-corrected chi connectivity index (χ4v) is 0.477. The lowest BCUT2D eigenvalue weighted by Gasteiger charge is -1.89. The molecular weight excluding hydrogens is 114 g/mol. The van der Waals surface area contributed by atoms with Gasteiger partial charge in [0, 0.05) is 18.7 Å². The van der Waals surface area contributed by atoms with E-state index in [9.17, 15) is 4.79 Å². The van der Waals surface area contributed by atoms with Crippen LogP contribution in [0.1, 0.15) is 26.7 Å². The van der Waals surface area contributed by atoms with Crippen LogP contribution in [-0.4, -0.2) is 18.5 Å². The first-order valence-corrected chi connectivity index (χ1v) is 3.18. The second kappa shape index (κ2) is 5.48. The Balaban J connectivity index is 3.09. The van der Waals surface area contributed by atoms with E-state index in [1.54, 1.807) is 0 Å². The second-order valence-electron chi connectivity index (χ2n) is 2.14. The molecule has 0 saturated carbocycles. The molecule has 0 saturated heterocycles. The number of hydrogen-bond donors (Lipinski definition) is 0. The molecule has 0 rings (SSSR count). The van der Waals surface area contributed by atoms with Crippen LogP contribution in [0.4, 0.5) is 0 Å². The Morgan fingerprint density at radius 1 is 1.56 bits per heavy atom. The Labute approximate surface area is 56.0 Å². The maximum Gasteiger partial charge on any atom is 0.120 e.